The van der Waals surface area contributed by atoms with Crippen LogP contribution in [0.5, 0.6) is 5.75 Å². The van der Waals surface area contributed by atoms with Gasteiger partial charge in [-0.3, -0.25) is 14.6 Å². The fourth-order valence-electron chi connectivity index (χ4n) is 2.97. The van der Waals surface area contributed by atoms with Crippen LogP contribution in [0.25, 0.3) is 11.5 Å². The van der Waals surface area contributed by atoms with Gasteiger partial charge in [0.25, 0.3) is 11.5 Å². The van der Waals surface area contributed by atoms with Crippen molar-refractivity contribution in [1.82, 2.24) is 24.8 Å². The van der Waals surface area contributed by atoms with Gasteiger partial charge in [-0.15, -0.1) is 0 Å². The van der Waals surface area contributed by atoms with Gasteiger partial charge in [-0.1, -0.05) is 12.1 Å². The fourth-order valence-corrected chi connectivity index (χ4v) is 2.97. The molecule has 1 aromatic carbocycles. The quantitative estimate of drug-likeness (QED) is 0.732. The number of fused-ring (bicyclic) bond motifs is 1. The molecular weight excluding hydrogens is 365 g/mol. The van der Waals surface area contributed by atoms with E-state index in [0.717, 1.165) is 0 Å². The van der Waals surface area contributed by atoms with Gasteiger partial charge < -0.3 is 14.6 Å². The van der Waals surface area contributed by atoms with E-state index in [0.29, 0.717) is 35.7 Å². The Morgan fingerprint density at radius 2 is 2.14 bits per heavy atom. The summed E-state index contributed by atoms with van der Waals surface area (Å²) in [5, 5.41) is 0. The molecule has 9 heteroatoms. The van der Waals surface area contributed by atoms with Crippen LogP contribution in [0, 0.1) is 5.82 Å². The minimum absolute atomic E-state index is 0.0152. The van der Waals surface area contributed by atoms with Crippen LogP contribution in [0.3, 0.4) is 0 Å². The second-order valence-corrected chi connectivity index (χ2v) is 6.21. The first-order chi connectivity index (χ1) is 13.6. The van der Waals surface area contributed by atoms with E-state index in [-0.39, 0.29) is 30.4 Å². The van der Waals surface area contributed by atoms with Crippen LogP contribution in [0.1, 0.15) is 11.3 Å². The molecule has 1 aliphatic heterocycles. The molecule has 2 aromatic heterocycles. The van der Waals surface area contributed by atoms with Crippen LogP contribution in [-0.4, -0.2) is 43.9 Å². The monoisotopic (exact) mass is 381 g/mol. The van der Waals surface area contributed by atoms with Crippen LogP contribution in [-0.2, 0) is 17.8 Å². The van der Waals surface area contributed by atoms with Gasteiger partial charge in [0.1, 0.15) is 5.69 Å². The molecule has 0 atom stereocenters. The molecule has 28 heavy (non-hydrogen) atoms. The Labute approximate surface area is 159 Å². The summed E-state index contributed by atoms with van der Waals surface area (Å²) in [6.07, 6.45) is 5.00. The average Bonchev–Trinajstić information content (AvgIpc) is 2.73. The summed E-state index contributed by atoms with van der Waals surface area (Å²) in [6.45, 7) is 0.208. The van der Waals surface area contributed by atoms with Crippen molar-refractivity contribution in [3.8, 4) is 17.3 Å². The lowest BCUT2D eigenvalue weighted by molar-refractivity contribution is -0.134. The Kier molecular flexibility index (Phi) is 4.79. The summed E-state index contributed by atoms with van der Waals surface area (Å²) in [4.78, 5) is 41.7. The molecule has 0 bridgehead atoms. The SMILES string of the molecule is O=C(COc1ccccc1F)N1CCc2nc(-c3cnccn3)[nH]c(=O)c2C1. The number of halogens is 1. The van der Waals surface area contributed by atoms with Crippen molar-refractivity contribution in [2.24, 2.45) is 0 Å². The number of nitrogens with one attached hydrogen (secondary N) is 1. The number of ether oxygens (including phenoxy) is 1. The Balaban J connectivity index is 1.48. The molecule has 3 heterocycles. The summed E-state index contributed by atoms with van der Waals surface area (Å²) in [6, 6.07) is 5.88. The molecule has 0 fully saturated rings. The van der Waals surface area contributed by atoms with E-state index in [1.54, 1.807) is 12.1 Å². The van der Waals surface area contributed by atoms with E-state index in [9.17, 15) is 14.0 Å². The second-order valence-electron chi connectivity index (χ2n) is 6.21. The summed E-state index contributed by atoms with van der Waals surface area (Å²) >= 11 is 0. The molecule has 0 saturated carbocycles. The number of carbonyl (C=O) groups is 1. The van der Waals surface area contributed by atoms with Crippen LogP contribution < -0.4 is 10.3 Å². The van der Waals surface area contributed by atoms with Crippen molar-refractivity contribution in [1.29, 1.82) is 0 Å². The molecule has 0 saturated heterocycles. The van der Waals surface area contributed by atoms with Gasteiger partial charge in [0.2, 0.25) is 0 Å². The Morgan fingerprint density at radius 1 is 1.29 bits per heavy atom. The third kappa shape index (κ3) is 3.59. The molecule has 1 aliphatic rings. The van der Waals surface area contributed by atoms with Crippen LogP contribution in [0.15, 0.2) is 47.7 Å². The molecule has 0 spiro atoms. The number of aromatic nitrogens is 4. The van der Waals surface area contributed by atoms with Gasteiger partial charge >= 0.3 is 0 Å². The minimum atomic E-state index is -0.531. The van der Waals surface area contributed by atoms with E-state index in [1.807, 2.05) is 0 Å². The van der Waals surface area contributed by atoms with Crippen molar-refractivity contribution in [2.75, 3.05) is 13.2 Å². The molecule has 142 valence electrons. The van der Waals surface area contributed by atoms with E-state index in [2.05, 4.69) is 19.9 Å². The highest BCUT2D eigenvalue weighted by atomic mass is 19.1. The Hall–Kier alpha value is -3.62. The first-order valence-corrected chi connectivity index (χ1v) is 8.65. The van der Waals surface area contributed by atoms with Gasteiger partial charge in [0.05, 0.1) is 24.0 Å². The van der Waals surface area contributed by atoms with Crippen molar-refractivity contribution < 1.29 is 13.9 Å². The number of H-pyrrole nitrogens is 1. The predicted octanol–water partition coefficient (Wildman–Crippen LogP) is 1.33. The number of rotatable bonds is 4. The molecule has 1 amide bonds. The second kappa shape index (κ2) is 7.55. The van der Waals surface area contributed by atoms with Gasteiger partial charge in [-0.2, -0.15) is 0 Å². The molecule has 8 nitrogen and oxygen atoms in total. The zero-order valence-electron chi connectivity index (χ0n) is 14.8. The number of hydrogen-bond donors (Lipinski definition) is 1. The fraction of sp³-hybridized carbons (Fsp3) is 0.211. The molecule has 0 aliphatic carbocycles. The largest absolute Gasteiger partial charge is 0.481 e. The van der Waals surface area contributed by atoms with E-state index >= 15 is 0 Å². The Bertz CT molecular complexity index is 1070. The van der Waals surface area contributed by atoms with E-state index in [4.69, 9.17) is 4.74 Å². The third-order valence-electron chi connectivity index (χ3n) is 4.41. The lowest BCUT2D eigenvalue weighted by Gasteiger charge is -2.27. The maximum absolute atomic E-state index is 13.6. The lowest BCUT2D eigenvalue weighted by atomic mass is 10.1. The molecule has 4 rings (SSSR count). The summed E-state index contributed by atoms with van der Waals surface area (Å²) in [7, 11) is 0. The zero-order valence-corrected chi connectivity index (χ0v) is 14.8. The maximum Gasteiger partial charge on any atom is 0.260 e. The van der Waals surface area contributed by atoms with Crippen LogP contribution >= 0.6 is 0 Å². The summed E-state index contributed by atoms with van der Waals surface area (Å²) in [5.41, 5.74) is 1.21. The number of para-hydroxylation sites is 1. The smallest absolute Gasteiger partial charge is 0.260 e. The Morgan fingerprint density at radius 3 is 2.93 bits per heavy atom. The standard InChI is InChI=1S/C19H16FN5O3/c20-13-3-1-2-4-16(13)28-11-17(26)25-8-5-14-12(10-25)19(27)24-18(23-14)15-9-21-6-7-22-15/h1-4,6-7,9H,5,8,10-11H2,(H,23,24,27). The van der Waals surface area contributed by atoms with Crippen molar-refractivity contribution in [2.45, 2.75) is 13.0 Å². The maximum atomic E-state index is 13.6. The zero-order chi connectivity index (χ0) is 19.5. The number of carbonyl (C=O) groups excluding carboxylic acids is 1. The molecule has 0 radical (unpaired) electrons. The van der Waals surface area contributed by atoms with Gasteiger partial charge in [-0.25, -0.2) is 14.4 Å². The number of amides is 1. The molecular formula is C19H16FN5O3. The molecule has 3 aromatic rings. The highest BCUT2D eigenvalue weighted by Crippen LogP contribution is 2.18. The summed E-state index contributed by atoms with van der Waals surface area (Å²) in [5.74, 6) is -0.497. The summed E-state index contributed by atoms with van der Waals surface area (Å²) < 4.78 is 18.9. The minimum Gasteiger partial charge on any atom is -0.481 e. The number of aromatic amines is 1. The van der Waals surface area contributed by atoms with Gasteiger partial charge in [0.15, 0.2) is 24.0 Å². The van der Waals surface area contributed by atoms with Gasteiger partial charge in [0, 0.05) is 25.4 Å². The van der Waals surface area contributed by atoms with E-state index in [1.165, 1.54) is 35.6 Å². The first kappa shape index (κ1) is 17.8. The highest BCUT2D eigenvalue weighted by molar-refractivity contribution is 5.78. The normalized spacial score (nSPS) is 13.1. The van der Waals surface area contributed by atoms with Crippen LogP contribution in [0.4, 0.5) is 4.39 Å². The predicted molar refractivity (Wildman–Crippen MR) is 96.9 cm³/mol. The number of hydrogen-bond acceptors (Lipinski definition) is 6. The number of benzene rings is 1. The first-order valence-electron chi connectivity index (χ1n) is 8.65. The van der Waals surface area contributed by atoms with Gasteiger partial charge in [-0.05, 0) is 12.1 Å². The average molecular weight is 381 g/mol. The molecule has 1 N–H and O–H groups in total. The number of nitrogens with zero attached hydrogens (tertiary/aromatic N) is 4. The lowest BCUT2D eigenvalue weighted by Crippen LogP contribution is -2.41. The molecule has 0 unspecified atom stereocenters. The van der Waals surface area contributed by atoms with Crippen molar-refractivity contribution >= 4 is 5.91 Å². The third-order valence-corrected chi connectivity index (χ3v) is 4.41. The topological polar surface area (TPSA) is 101 Å². The van der Waals surface area contributed by atoms with E-state index < -0.39 is 5.82 Å². The van der Waals surface area contributed by atoms with Crippen molar-refractivity contribution in [3.05, 3.63) is 70.3 Å². The highest BCUT2D eigenvalue weighted by Gasteiger charge is 2.25. The van der Waals surface area contributed by atoms with Crippen LogP contribution in [0.2, 0.25) is 0 Å². The van der Waals surface area contributed by atoms with Crippen molar-refractivity contribution in [3.63, 3.8) is 0 Å².